The zero-order valence-corrected chi connectivity index (χ0v) is 13.3. The fourth-order valence-corrected chi connectivity index (χ4v) is 3.19. The summed E-state index contributed by atoms with van der Waals surface area (Å²) in [6.07, 6.45) is 7.35. The van der Waals surface area contributed by atoms with Crippen molar-refractivity contribution in [2.24, 2.45) is 0 Å². The Morgan fingerprint density at radius 1 is 1.38 bits per heavy atom. The molecule has 1 atom stereocenters. The van der Waals surface area contributed by atoms with Gasteiger partial charge >= 0.3 is 0 Å². The maximum Gasteiger partial charge on any atom is 0.221 e. The van der Waals surface area contributed by atoms with Crippen molar-refractivity contribution in [3.8, 4) is 0 Å². The number of amides is 1. The van der Waals surface area contributed by atoms with Gasteiger partial charge in [-0.3, -0.25) is 4.79 Å². The normalized spacial score (nSPS) is 25.5. The smallest absolute Gasteiger partial charge is 0.221 e. The number of hydrogen-bond acceptors (Lipinski definition) is 4. The maximum absolute atomic E-state index is 12.1. The highest BCUT2D eigenvalue weighted by Gasteiger charge is 2.33. The molecule has 2 rings (SSSR count). The summed E-state index contributed by atoms with van der Waals surface area (Å²) in [7, 11) is 0. The average Bonchev–Trinajstić information content (AvgIpc) is 2.53. The molecule has 2 N–H and O–H groups in total. The molecule has 1 saturated carbocycles. The van der Waals surface area contributed by atoms with Gasteiger partial charge in [0.2, 0.25) is 5.91 Å². The first-order chi connectivity index (χ1) is 10.2. The van der Waals surface area contributed by atoms with E-state index in [2.05, 4.69) is 17.6 Å². The van der Waals surface area contributed by atoms with E-state index in [1.807, 2.05) is 0 Å². The van der Waals surface area contributed by atoms with Crippen LogP contribution in [0.1, 0.15) is 51.9 Å². The molecule has 0 aromatic rings. The monoisotopic (exact) mass is 298 g/mol. The molecule has 1 heterocycles. The van der Waals surface area contributed by atoms with Gasteiger partial charge in [0, 0.05) is 32.2 Å². The molecule has 2 aliphatic rings. The van der Waals surface area contributed by atoms with E-state index in [4.69, 9.17) is 9.47 Å². The van der Waals surface area contributed by atoms with Gasteiger partial charge in [0.05, 0.1) is 18.8 Å². The summed E-state index contributed by atoms with van der Waals surface area (Å²) < 4.78 is 11.5. The van der Waals surface area contributed by atoms with Gasteiger partial charge in [-0.05, 0) is 19.3 Å². The van der Waals surface area contributed by atoms with Crippen molar-refractivity contribution < 1.29 is 14.3 Å². The van der Waals surface area contributed by atoms with Crippen LogP contribution in [0.15, 0.2) is 0 Å². The number of carbonyl (C=O) groups excluding carboxylic acids is 1. The summed E-state index contributed by atoms with van der Waals surface area (Å²) >= 11 is 0. The van der Waals surface area contributed by atoms with Crippen LogP contribution in [0.2, 0.25) is 0 Å². The highest BCUT2D eigenvalue weighted by molar-refractivity contribution is 5.76. The molecular formula is C16H30N2O3. The van der Waals surface area contributed by atoms with Gasteiger partial charge in [-0.15, -0.1) is 0 Å². The molecule has 5 nitrogen and oxygen atoms in total. The molecule has 0 spiro atoms. The Kier molecular flexibility index (Phi) is 6.93. The Bertz CT molecular complexity index is 311. The highest BCUT2D eigenvalue weighted by atomic mass is 16.5. The van der Waals surface area contributed by atoms with Crippen molar-refractivity contribution in [1.29, 1.82) is 0 Å². The summed E-state index contributed by atoms with van der Waals surface area (Å²) in [5.74, 6) is 0.100. The van der Waals surface area contributed by atoms with Gasteiger partial charge in [-0.25, -0.2) is 0 Å². The van der Waals surface area contributed by atoms with E-state index in [1.54, 1.807) is 0 Å². The van der Waals surface area contributed by atoms with E-state index >= 15 is 0 Å². The lowest BCUT2D eigenvalue weighted by molar-refractivity contribution is -0.125. The van der Waals surface area contributed by atoms with Gasteiger partial charge in [-0.2, -0.15) is 0 Å². The minimum Gasteiger partial charge on any atom is -0.378 e. The zero-order valence-electron chi connectivity index (χ0n) is 13.3. The van der Waals surface area contributed by atoms with Crippen molar-refractivity contribution in [1.82, 2.24) is 10.6 Å². The van der Waals surface area contributed by atoms with Crippen molar-refractivity contribution in [2.45, 2.75) is 63.5 Å². The average molecular weight is 298 g/mol. The van der Waals surface area contributed by atoms with Crippen LogP contribution in [0, 0.1) is 0 Å². The highest BCUT2D eigenvalue weighted by Crippen LogP contribution is 2.31. The van der Waals surface area contributed by atoms with Crippen molar-refractivity contribution in [3.05, 3.63) is 0 Å². The molecule has 1 saturated heterocycles. The van der Waals surface area contributed by atoms with Crippen LogP contribution in [0.5, 0.6) is 0 Å². The molecule has 21 heavy (non-hydrogen) atoms. The molecule has 1 aliphatic carbocycles. The van der Waals surface area contributed by atoms with Crippen molar-refractivity contribution >= 4 is 5.91 Å². The third-order valence-corrected chi connectivity index (χ3v) is 4.42. The molecule has 122 valence electrons. The van der Waals surface area contributed by atoms with Gasteiger partial charge < -0.3 is 20.1 Å². The van der Waals surface area contributed by atoms with Crippen LogP contribution in [-0.2, 0) is 14.3 Å². The SMILES string of the molecule is CCCOC1(CNC(=O)CC2COCCN2)CCCCC1. The Morgan fingerprint density at radius 3 is 2.86 bits per heavy atom. The lowest BCUT2D eigenvalue weighted by atomic mass is 9.84. The van der Waals surface area contributed by atoms with Crippen LogP contribution in [0.3, 0.4) is 0 Å². The second-order valence-corrected chi connectivity index (χ2v) is 6.30. The third-order valence-electron chi connectivity index (χ3n) is 4.42. The fraction of sp³-hybridized carbons (Fsp3) is 0.938. The number of morpholine rings is 1. The number of nitrogens with one attached hydrogen (secondary N) is 2. The summed E-state index contributed by atoms with van der Waals surface area (Å²) in [6, 6.07) is 0.151. The van der Waals surface area contributed by atoms with Crippen LogP contribution in [0.25, 0.3) is 0 Å². The van der Waals surface area contributed by atoms with Gasteiger partial charge in [0.15, 0.2) is 0 Å². The van der Waals surface area contributed by atoms with Gasteiger partial charge in [0.25, 0.3) is 0 Å². The van der Waals surface area contributed by atoms with E-state index in [0.29, 0.717) is 19.6 Å². The molecule has 0 aromatic carbocycles. The molecule has 0 radical (unpaired) electrons. The predicted octanol–water partition coefficient (Wildman–Crippen LogP) is 1.61. The number of ether oxygens (including phenoxy) is 2. The lowest BCUT2D eigenvalue weighted by Crippen LogP contribution is -2.49. The largest absolute Gasteiger partial charge is 0.378 e. The molecular weight excluding hydrogens is 268 g/mol. The number of rotatable bonds is 7. The molecule has 0 aromatic heterocycles. The standard InChI is InChI=1S/C16H30N2O3/c1-2-9-21-16(6-4-3-5-7-16)13-18-15(19)11-14-12-20-10-8-17-14/h14,17H,2-13H2,1H3,(H,18,19). The van der Waals surface area contributed by atoms with Crippen molar-refractivity contribution in [2.75, 3.05) is 32.9 Å². The minimum atomic E-state index is -0.125. The van der Waals surface area contributed by atoms with E-state index in [9.17, 15) is 4.79 Å². The van der Waals surface area contributed by atoms with E-state index in [1.165, 1.54) is 19.3 Å². The summed E-state index contributed by atoms with van der Waals surface area (Å²) in [4.78, 5) is 12.1. The Hall–Kier alpha value is -0.650. The van der Waals surface area contributed by atoms with Crippen molar-refractivity contribution in [3.63, 3.8) is 0 Å². The first-order valence-electron chi connectivity index (χ1n) is 8.46. The number of hydrogen-bond donors (Lipinski definition) is 2. The fourth-order valence-electron chi connectivity index (χ4n) is 3.19. The minimum absolute atomic E-state index is 0.100. The molecule has 0 bridgehead atoms. The molecule has 2 fully saturated rings. The Balaban J connectivity index is 1.75. The van der Waals surface area contributed by atoms with Crippen LogP contribution < -0.4 is 10.6 Å². The van der Waals surface area contributed by atoms with Crippen LogP contribution in [-0.4, -0.2) is 50.5 Å². The van der Waals surface area contributed by atoms with E-state index in [-0.39, 0.29) is 17.6 Å². The second-order valence-electron chi connectivity index (χ2n) is 6.30. The van der Waals surface area contributed by atoms with Gasteiger partial charge in [-0.1, -0.05) is 26.2 Å². The topological polar surface area (TPSA) is 59.6 Å². The van der Waals surface area contributed by atoms with Crippen LogP contribution in [0.4, 0.5) is 0 Å². The van der Waals surface area contributed by atoms with E-state index < -0.39 is 0 Å². The quantitative estimate of drug-likeness (QED) is 0.750. The maximum atomic E-state index is 12.1. The molecule has 1 aliphatic heterocycles. The Morgan fingerprint density at radius 2 is 2.19 bits per heavy atom. The van der Waals surface area contributed by atoms with Gasteiger partial charge in [0.1, 0.15) is 0 Å². The zero-order chi connectivity index (χ0) is 15.0. The molecule has 5 heteroatoms. The number of carbonyl (C=O) groups is 1. The Labute approximate surface area is 128 Å². The molecule has 1 unspecified atom stereocenters. The van der Waals surface area contributed by atoms with Crippen LogP contribution >= 0.6 is 0 Å². The van der Waals surface area contributed by atoms with E-state index in [0.717, 1.165) is 39.0 Å². The second kappa shape index (κ2) is 8.71. The third kappa shape index (κ3) is 5.57. The molecule has 1 amide bonds. The lowest BCUT2D eigenvalue weighted by Gasteiger charge is -2.37. The first-order valence-corrected chi connectivity index (χ1v) is 8.46. The predicted molar refractivity (Wildman–Crippen MR) is 82.3 cm³/mol. The summed E-state index contributed by atoms with van der Waals surface area (Å²) in [6.45, 7) is 5.77. The summed E-state index contributed by atoms with van der Waals surface area (Å²) in [5, 5.41) is 6.40. The summed E-state index contributed by atoms with van der Waals surface area (Å²) in [5.41, 5.74) is -0.125. The first kappa shape index (κ1) is 16.7.